The average Bonchev–Trinajstić information content (AvgIpc) is 2.82. The molecule has 100 valence electrons. The van der Waals surface area contributed by atoms with E-state index in [4.69, 9.17) is 0 Å². The molecule has 1 fully saturated rings. The van der Waals surface area contributed by atoms with Gasteiger partial charge in [-0.2, -0.15) is 0 Å². The third kappa shape index (κ3) is 3.99. The standard InChI is InChI=1S/C13H20N2O2S/c1-18(16,17)14-9-8-12-4-6-13(7-5-12)15-10-2-3-11-15/h4-7,14H,2-3,8-11H2,1H3. The van der Waals surface area contributed by atoms with Crippen molar-refractivity contribution in [3.63, 3.8) is 0 Å². The Morgan fingerprint density at radius 1 is 1.17 bits per heavy atom. The van der Waals surface area contributed by atoms with Crippen molar-refractivity contribution in [2.45, 2.75) is 19.3 Å². The van der Waals surface area contributed by atoms with E-state index in [1.807, 2.05) is 0 Å². The van der Waals surface area contributed by atoms with Crippen molar-refractivity contribution < 1.29 is 8.42 Å². The molecular weight excluding hydrogens is 248 g/mol. The van der Waals surface area contributed by atoms with Crippen LogP contribution in [0.15, 0.2) is 24.3 Å². The molecule has 0 radical (unpaired) electrons. The monoisotopic (exact) mass is 268 g/mol. The van der Waals surface area contributed by atoms with Gasteiger partial charge in [-0.1, -0.05) is 12.1 Å². The van der Waals surface area contributed by atoms with E-state index in [9.17, 15) is 8.42 Å². The first-order valence-electron chi connectivity index (χ1n) is 6.33. The molecule has 1 saturated heterocycles. The van der Waals surface area contributed by atoms with Crippen molar-refractivity contribution in [1.29, 1.82) is 0 Å². The normalized spacial score (nSPS) is 16.2. The van der Waals surface area contributed by atoms with E-state index in [0.717, 1.165) is 25.1 Å². The first-order chi connectivity index (χ1) is 8.54. The maximum atomic E-state index is 10.9. The molecule has 5 heteroatoms. The summed E-state index contributed by atoms with van der Waals surface area (Å²) in [7, 11) is -3.07. The highest BCUT2D eigenvalue weighted by Crippen LogP contribution is 2.20. The molecule has 0 atom stereocenters. The predicted octanol–water partition coefficient (Wildman–Crippen LogP) is 1.38. The summed E-state index contributed by atoms with van der Waals surface area (Å²) in [5, 5.41) is 0. The largest absolute Gasteiger partial charge is 0.372 e. The van der Waals surface area contributed by atoms with Crippen LogP contribution in [0.4, 0.5) is 5.69 Å². The lowest BCUT2D eigenvalue weighted by Gasteiger charge is -2.17. The molecule has 0 aromatic heterocycles. The molecule has 1 aliphatic rings. The number of hydrogen-bond acceptors (Lipinski definition) is 3. The van der Waals surface area contributed by atoms with Gasteiger partial charge in [-0.15, -0.1) is 0 Å². The first kappa shape index (κ1) is 13.4. The molecule has 2 rings (SSSR count). The number of nitrogens with one attached hydrogen (secondary N) is 1. The van der Waals surface area contributed by atoms with Gasteiger partial charge >= 0.3 is 0 Å². The Morgan fingerprint density at radius 3 is 2.33 bits per heavy atom. The molecule has 4 nitrogen and oxygen atoms in total. The van der Waals surface area contributed by atoms with Crippen LogP contribution in [-0.4, -0.2) is 34.3 Å². The number of rotatable bonds is 5. The van der Waals surface area contributed by atoms with Crippen LogP contribution >= 0.6 is 0 Å². The van der Waals surface area contributed by atoms with E-state index in [1.54, 1.807) is 0 Å². The number of nitrogens with zero attached hydrogens (tertiary/aromatic N) is 1. The molecule has 0 aliphatic carbocycles. The Bertz CT molecular complexity index is 476. The molecule has 1 heterocycles. The van der Waals surface area contributed by atoms with Gasteiger partial charge in [0.2, 0.25) is 10.0 Å². The maximum absolute atomic E-state index is 10.9. The molecule has 1 aromatic carbocycles. The van der Waals surface area contributed by atoms with Gasteiger partial charge in [0.25, 0.3) is 0 Å². The van der Waals surface area contributed by atoms with Crippen molar-refractivity contribution >= 4 is 15.7 Å². The number of anilines is 1. The van der Waals surface area contributed by atoms with Crippen molar-refractivity contribution in [2.75, 3.05) is 30.8 Å². The minimum Gasteiger partial charge on any atom is -0.372 e. The summed E-state index contributed by atoms with van der Waals surface area (Å²) < 4.78 is 24.4. The van der Waals surface area contributed by atoms with Crippen molar-refractivity contribution in [2.24, 2.45) is 0 Å². The third-order valence-electron chi connectivity index (χ3n) is 3.19. The summed E-state index contributed by atoms with van der Waals surface area (Å²) >= 11 is 0. The van der Waals surface area contributed by atoms with Crippen molar-refractivity contribution in [3.8, 4) is 0 Å². The molecule has 1 N–H and O–H groups in total. The molecule has 1 aromatic rings. The average molecular weight is 268 g/mol. The summed E-state index contributed by atoms with van der Waals surface area (Å²) in [5.41, 5.74) is 2.43. The van der Waals surface area contributed by atoms with Crippen LogP contribution in [-0.2, 0) is 16.4 Å². The Hall–Kier alpha value is -1.07. The van der Waals surface area contributed by atoms with Crippen LogP contribution in [0.25, 0.3) is 0 Å². The van der Waals surface area contributed by atoms with Gasteiger partial charge in [0.1, 0.15) is 0 Å². The van der Waals surface area contributed by atoms with E-state index in [1.165, 1.54) is 24.8 Å². The zero-order valence-electron chi connectivity index (χ0n) is 10.7. The Kier molecular flexibility index (Phi) is 4.24. The maximum Gasteiger partial charge on any atom is 0.208 e. The van der Waals surface area contributed by atoms with Gasteiger partial charge < -0.3 is 4.90 Å². The molecular formula is C13H20N2O2S. The molecule has 0 spiro atoms. The molecule has 0 saturated carbocycles. The van der Waals surface area contributed by atoms with E-state index in [-0.39, 0.29) is 0 Å². The van der Waals surface area contributed by atoms with Crippen LogP contribution in [0.2, 0.25) is 0 Å². The first-order valence-corrected chi connectivity index (χ1v) is 8.22. The lowest BCUT2D eigenvalue weighted by molar-refractivity contribution is 0.588. The summed E-state index contributed by atoms with van der Waals surface area (Å²) in [6.07, 6.45) is 4.47. The lowest BCUT2D eigenvalue weighted by Crippen LogP contribution is -2.24. The molecule has 1 aliphatic heterocycles. The predicted molar refractivity (Wildman–Crippen MR) is 74.4 cm³/mol. The fourth-order valence-electron chi connectivity index (χ4n) is 2.23. The topological polar surface area (TPSA) is 49.4 Å². The zero-order chi connectivity index (χ0) is 13.0. The van der Waals surface area contributed by atoms with Gasteiger partial charge in [0, 0.05) is 25.3 Å². The Balaban J connectivity index is 1.87. The molecule has 0 unspecified atom stereocenters. The molecule has 0 amide bonds. The summed E-state index contributed by atoms with van der Waals surface area (Å²) in [6, 6.07) is 8.41. The summed E-state index contributed by atoms with van der Waals surface area (Å²) in [4.78, 5) is 2.39. The van der Waals surface area contributed by atoms with E-state index in [2.05, 4.69) is 33.9 Å². The smallest absolute Gasteiger partial charge is 0.208 e. The second kappa shape index (κ2) is 5.71. The highest BCUT2D eigenvalue weighted by molar-refractivity contribution is 7.88. The summed E-state index contributed by atoms with van der Waals surface area (Å²) in [6.45, 7) is 2.76. The van der Waals surface area contributed by atoms with E-state index in [0.29, 0.717) is 6.54 Å². The summed E-state index contributed by atoms with van der Waals surface area (Å²) in [5.74, 6) is 0. The van der Waals surface area contributed by atoms with Crippen LogP contribution in [0.5, 0.6) is 0 Å². The minimum atomic E-state index is -3.07. The Morgan fingerprint density at radius 2 is 1.78 bits per heavy atom. The van der Waals surface area contributed by atoms with Crippen LogP contribution in [0, 0.1) is 0 Å². The third-order valence-corrected chi connectivity index (χ3v) is 3.91. The number of sulfonamides is 1. The second-order valence-electron chi connectivity index (χ2n) is 4.78. The fourth-order valence-corrected chi connectivity index (χ4v) is 2.70. The quantitative estimate of drug-likeness (QED) is 0.877. The van der Waals surface area contributed by atoms with Crippen LogP contribution < -0.4 is 9.62 Å². The zero-order valence-corrected chi connectivity index (χ0v) is 11.5. The van der Waals surface area contributed by atoms with Gasteiger partial charge in [-0.05, 0) is 37.0 Å². The molecule has 0 bridgehead atoms. The highest BCUT2D eigenvalue weighted by Gasteiger charge is 2.11. The minimum absolute atomic E-state index is 0.460. The van der Waals surface area contributed by atoms with Gasteiger partial charge in [0.05, 0.1) is 6.26 Å². The number of hydrogen-bond donors (Lipinski definition) is 1. The van der Waals surface area contributed by atoms with Gasteiger partial charge in [-0.3, -0.25) is 0 Å². The van der Waals surface area contributed by atoms with E-state index >= 15 is 0 Å². The van der Waals surface area contributed by atoms with Crippen molar-refractivity contribution in [1.82, 2.24) is 4.72 Å². The lowest BCUT2D eigenvalue weighted by atomic mass is 10.1. The number of benzene rings is 1. The van der Waals surface area contributed by atoms with E-state index < -0.39 is 10.0 Å². The van der Waals surface area contributed by atoms with Gasteiger partial charge in [0.15, 0.2) is 0 Å². The van der Waals surface area contributed by atoms with Crippen LogP contribution in [0.1, 0.15) is 18.4 Å². The van der Waals surface area contributed by atoms with Crippen LogP contribution in [0.3, 0.4) is 0 Å². The van der Waals surface area contributed by atoms with Crippen molar-refractivity contribution in [3.05, 3.63) is 29.8 Å². The van der Waals surface area contributed by atoms with Gasteiger partial charge in [-0.25, -0.2) is 13.1 Å². The highest BCUT2D eigenvalue weighted by atomic mass is 32.2. The SMILES string of the molecule is CS(=O)(=O)NCCc1ccc(N2CCCC2)cc1. The fraction of sp³-hybridized carbons (Fsp3) is 0.538. The Labute approximate surface area is 109 Å². The second-order valence-corrected chi connectivity index (χ2v) is 6.61. The molecule has 18 heavy (non-hydrogen) atoms.